The van der Waals surface area contributed by atoms with Gasteiger partial charge >= 0.3 is 0 Å². The van der Waals surface area contributed by atoms with Gasteiger partial charge < -0.3 is 4.79 Å². The van der Waals surface area contributed by atoms with E-state index in [2.05, 4.69) is 0 Å². The minimum absolute atomic E-state index is 0.177. The van der Waals surface area contributed by atoms with E-state index in [1.807, 2.05) is 18.2 Å². The number of hydrogen-bond donors (Lipinski definition) is 0. The summed E-state index contributed by atoms with van der Waals surface area (Å²) in [5.41, 5.74) is 1.71. The number of aryl methyl sites for hydroxylation is 1. The van der Waals surface area contributed by atoms with Crippen LogP contribution in [0, 0.1) is 0 Å². The molecule has 0 spiro atoms. The van der Waals surface area contributed by atoms with Gasteiger partial charge in [0.15, 0.2) is 0 Å². The molecule has 13 heavy (non-hydrogen) atoms. The summed E-state index contributed by atoms with van der Waals surface area (Å²) in [7, 11) is 0. The quantitative estimate of drug-likeness (QED) is 0.658. The van der Waals surface area contributed by atoms with E-state index in [0.717, 1.165) is 18.3 Å². The number of hydrogen-bond acceptors (Lipinski definition) is 2. The standard InChI is InChI=1S/C11H12O2/c1-9(13)5-6-10-3-2-4-11(7-10)8-12/h2-4,7-8H,5-6H2,1H3. The van der Waals surface area contributed by atoms with E-state index in [9.17, 15) is 9.59 Å². The van der Waals surface area contributed by atoms with Gasteiger partial charge in [-0.25, -0.2) is 0 Å². The lowest BCUT2D eigenvalue weighted by Gasteiger charge is -1.99. The molecule has 0 aliphatic heterocycles. The second-order valence-electron chi connectivity index (χ2n) is 3.06. The molecule has 1 rings (SSSR count). The van der Waals surface area contributed by atoms with Crippen LogP contribution in [0.3, 0.4) is 0 Å². The van der Waals surface area contributed by atoms with Gasteiger partial charge in [0.05, 0.1) is 0 Å². The van der Waals surface area contributed by atoms with Crippen molar-refractivity contribution in [2.75, 3.05) is 0 Å². The monoisotopic (exact) mass is 176 g/mol. The summed E-state index contributed by atoms with van der Waals surface area (Å²) in [4.78, 5) is 21.1. The fraction of sp³-hybridized carbons (Fsp3) is 0.273. The van der Waals surface area contributed by atoms with E-state index in [4.69, 9.17) is 0 Å². The molecule has 0 unspecified atom stereocenters. The molecule has 1 aromatic rings. The minimum atomic E-state index is 0.177. The third kappa shape index (κ3) is 3.20. The minimum Gasteiger partial charge on any atom is -0.300 e. The van der Waals surface area contributed by atoms with Crippen molar-refractivity contribution in [1.29, 1.82) is 0 Å². The van der Waals surface area contributed by atoms with Crippen molar-refractivity contribution in [2.45, 2.75) is 19.8 Å². The number of rotatable bonds is 4. The predicted octanol–water partition coefficient (Wildman–Crippen LogP) is 2.02. The smallest absolute Gasteiger partial charge is 0.150 e. The molecular weight excluding hydrogens is 164 g/mol. The normalized spacial score (nSPS) is 9.62. The van der Waals surface area contributed by atoms with Gasteiger partial charge in [0.2, 0.25) is 0 Å². The Morgan fingerprint density at radius 1 is 1.46 bits per heavy atom. The summed E-state index contributed by atoms with van der Waals surface area (Å²) < 4.78 is 0. The summed E-state index contributed by atoms with van der Waals surface area (Å²) in [5, 5.41) is 0. The zero-order valence-electron chi connectivity index (χ0n) is 7.62. The number of Topliss-reactive ketones (excluding diaryl/α,β-unsaturated/α-hetero) is 1. The van der Waals surface area contributed by atoms with Gasteiger partial charge in [-0.2, -0.15) is 0 Å². The maximum Gasteiger partial charge on any atom is 0.150 e. The lowest BCUT2D eigenvalue weighted by atomic mass is 10.1. The van der Waals surface area contributed by atoms with Gasteiger partial charge in [-0.15, -0.1) is 0 Å². The molecule has 0 fully saturated rings. The van der Waals surface area contributed by atoms with E-state index in [-0.39, 0.29) is 5.78 Å². The Bertz CT molecular complexity index is 316. The Balaban J connectivity index is 2.66. The molecule has 0 aliphatic rings. The van der Waals surface area contributed by atoms with Crippen LogP contribution in [0.5, 0.6) is 0 Å². The van der Waals surface area contributed by atoms with Gasteiger partial charge in [0, 0.05) is 12.0 Å². The van der Waals surface area contributed by atoms with E-state index in [1.165, 1.54) is 0 Å². The van der Waals surface area contributed by atoms with Crippen molar-refractivity contribution in [1.82, 2.24) is 0 Å². The van der Waals surface area contributed by atoms with Crippen LogP contribution in [-0.4, -0.2) is 12.1 Å². The molecule has 2 heteroatoms. The van der Waals surface area contributed by atoms with Crippen molar-refractivity contribution in [2.24, 2.45) is 0 Å². The number of aldehydes is 1. The van der Waals surface area contributed by atoms with Crippen molar-refractivity contribution < 1.29 is 9.59 Å². The van der Waals surface area contributed by atoms with Crippen LogP contribution in [-0.2, 0) is 11.2 Å². The average molecular weight is 176 g/mol. The highest BCUT2D eigenvalue weighted by atomic mass is 16.1. The van der Waals surface area contributed by atoms with Crippen molar-refractivity contribution in [3.8, 4) is 0 Å². The fourth-order valence-electron chi connectivity index (χ4n) is 1.14. The van der Waals surface area contributed by atoms with Crippen LogP contribution in [0.4, 0.5) is 0 Å². The summed E-state index contributed by atoms with van der Waals surface area (Å²) >= 11 is 0. The molecule has 0 N–H and O–H groups in total. The first-order chi connectivity index (χ1) is 6.22. The van der Waals surface area contributed by atoms with Gasteiger partial charge in [0.25, 0.3) is 0 Å². The summed E-state index contributed by atoms with van der Waals surface area (Å²) in [6.07, 6.45) is 2.08. The Morgan fingerprint density at radius 3 is 2.85 bits per heavy atom. The molecule has 0 saturated heterocycles. The molecule has 0 saturated carbocycles. The zero-order valence-corrected chi connectivity index (χ0v) is 7.62. The molecule has 0 bridgehead atoms. The summed E-state index contributed by atoms with van der Waals surface area (Å²) in [6, 6.07) is 7.33. The molecule has 0 aliphatic carbocycles. The van der Waals surface area contributed by atoms with Crippen LogP contribution >= 0.6 is 0 Å². The molecule has 0 amide bonds. The van der Waals surface area contributed by atoms with E-state index in [1.54, 1.807) is 13.0 Å². The topological polar surface area (TPSA) is 34.1 Å². The molecule has 0 heterocycles. The number of ketones is 1. The van der Waals surface area contributed by atoms with Crippen LogP contribution in [0.2, 0.25) is 0 Å². The highest BCUT2D eigenvalue weighted by Crippen LogP contribution is 2.06. The van der Waals surface area contributed by atoms with E-state index in [0.29, 0.717) is 12.0 Å². The Labute approximate surface area is 77.6 Å². The molecule has 1 aromatic carbocycles. The van der Waals surface area contributed by atoms with Gasteiger partial charge in [0.1, 0.15) is 12.1 Å². The molecular formula is C11H12O2. The third-order valence-electron chi connectivity index (χ3n) is 1.85. The largest absolute Gasteiger partial charge is 0.300 e. The lowest BCUT2D eigenvalue weighted by molar-refractivity contribution is -0.116. The first-order valence-electron chi connectivity index (χ1n) is 4.26. The molecule has 0 aromatic heterocycles. The maximum absolute atomic E-state index is 10.7. The van der Waals surface area contributed by atoms with Crippen LogP contribution < -0.4 is 0 Å². The highest BCUT2D eigenvalue weighted by molar-refractivity contribution is 5.76. The van der Waals surface area contributed by atoms with Crippen LogP contribution in [0.25, 0.3) is 0 Å². The lowest BCUT2D eigenvalue weighted by Crippen LogP contribution is -1.94. The van der Waals surface area contributed by atoms with Gasteiger partial charge in [-0.3, -0.25) is 4.79 Å². The molecule has 2 nitrogen and oxygen atoms in total. The van der Waals surface area contributed by atoms with Crippen LogP contribution in [0.15, 0.2) is 24.3 Å². The van der Waals surface area contributed by atoms with E-state index < -0.39 is 0 Å². The third-order valence-corrected chi connectivity index (χ3v) is 1.85. The summed E-state index contributed by atoms with van der Waals surface area (Å²) in [6.45, 7) is 1.57. The van der Waals surface area contributed by atoms with Gasteiger partial charge in [-0.05, 0) is 25.0 Å². The number of benzene rings is 1. The first kappa shape index (κ1) is 9.65. The van der Waals surface area contributed by atoms with Gasteiger partial charge in [-0.1, -0.05) is 18.2 Å². The van der Waals surface area contributed by atoms with Crippen LogP contribution in [0.1, 0.15) is 29.3 Å². The molecule has 0 atom stereocenters. The van der Waals surface area contributed by atoms with Crippen molar-refractivity contribution in [3.05, 3.63) is 35.4 Å². The Morgan fingerprint density at radius 2 is 2.23 bits per heavy atom. The second kappa shape index (κ2) is 4.55. The first-order valence-corrected chi connectivity index (χ1v) is 4.26. The number of carbonyl (C=O) groups excluding carboxylic acids is 2. The van der Waals surface area contributed by atoms with Crippen molar-refractivity contribution >= 4 is 12.1 Å². The average Bonchev–Trinajstić information content (AvgIpc) is 2.15. The van der Waals surface area contributed by atoms with E-state index >= 15 is 0 Å². The SMILES string of the molecule is CC(=O)CCc1cccc(C=O)c1. The molecule has 0 radical (unpaired) electrons. The maximum atomic E-state index is 10.7. The summed E-state index contributed by atoms with van der Waals surface area (Å²) in [5.74, 6) is 0.177. The molecule has 68 valence electrons. The highest BCUT2D eigenvalue weighted by Gasteiger charge is 1.97. The Kier molecular flexibility index (Phi) is 3.38. The fourth-order valence-corrected chi connectivity index (χ4v) is 1.14. The predicted molar refractivity (Wildman–Crippen MR) is 50.8 cm³/mol. The second-order valence-corrected chi connectivity index (χ2v) is 3.06. The Hall–Kier alpha value is -1.44. The van der Waals surface area contributed by atoms with Crippen molar-refractivity contribution in [3.63, 3.8) is 0 Å². The zero-order chi connectivity index (χ0) is 9.68. The number of carbonyl (C=O) groups is 2.